The van der Waals surface area contributed by atoms with E-state index >= 15 is 0 Å². The van der Waals surface area contributed by atoms with Crippen LogP contribution in [0.3, 0.4) is 0 Å². The Labute approximate surface area is 99.0 Å². The zero-order valence-electron chi connectivity index (χ0n) is 9.69. The van der Waals surface area contributed by atoms with Crippen molar-refractivity contribution in [3.05, 3.63) is 47.5 Å². The van der Waals surface area contributed by atoms with Crippen molar-refractivity contribution in [1.29, 1.82) is 0 Å². The van der Waals surface area contributed by atoms with Gasteiger partial charge >= 0.3 is 0 Å². The molecule has 0 amide bonds. The molecule has 0 heterocycles. The average molecular weight is 228 g/mol. The molecule has 0 unspecified atom stereocenters. The predicted molar refractivity (Wildman–Crippen MR) is 64.0 cm³/mol. The Morgan fingerprint density at radius 1 is 1.00 bits per heavy atom. The van der Waals surface area contributed by atoms with E-state index in [1.807, 2.05) is 36.4 Å². The standard InChI is InChI=1S/C14H12O3/c1-16-14(17-2)11-8-4-6-9-5-3-7-10(12(9)11)13(14)15/h3-8H,1-2H3. The maximum absolute atomic E-state index is 12.4. The molecule has 0 radical (unpaired) electrons. The van der Waals surface area contributed by atoms with Crippen molar-refractivity contribution in [2.75, 3.05) is 14.2 Å². The smallest absolute Gasteiger partial charge is 0.261 e. The fourth-order valence-electron chi connectivity index (χ4n) is 2.59. The third-order valence-electron chi connectivity index (χ3n) is 3.38. The van der Waals surface area contributed by atoms with Gasteiger partial charge in [-0.1, -0.05) is 36.4 Å². The second-order valence-electron chi connectivity index (χ2n) is 4.06. The molecule has 2 aromatic rings. The number of benzene rings is 2. The molecule has 0 atom stereocenters. The summed E-state index contributed by atoms with van der Waals surface area (Å²) in [6, 6.07) is 11.4. The molecule has 0 fully saturated rings. The molecular weight excluding hydrogens is 216 g/mol. The molecule has 3 heteroatoms. The number of carbonyl (C=O) groups excluding carboxylic acids is 1. The third kappa shape index (κ3) is 1.10. The lowest BCUT2D eigenvalue weighted by Gasteiger charge is -2.25. The summed E-state index contributed by atoms with van der Waals surface area (Å²) in [5, 5.41) is 1.97. The quantitative estimate of drug-likeness (QED) is 0.741. The van der Waals surface area contributed by atoms with Crippen LogP contribution >= 0.6 is 0 Å². The van der Waals surface area contributed by atoms with Gasteiger partial charge in [0.25, 0.3) is 5.79 Å². The second kappa shape index (κ2) is 3.39. The first-order chi connectivity index (χ1) is 8.24. The number of Topliss-reactive ketones (excluding diaryl/α,β-unsaturated/α-hetero) is 1. The van der Waals surface area contributed by atoms with E-state index in [0.717, 1.165) is 16.3 Å². The molecule has 2 aromatic carbocycles. The maximum atomic E-state index is 12.4. The summed E-state index contributed by atoms with van der Waals surface area (Å²) in [5.74, 6) is -1.40. The monoisotopic (exact) mass is 228 g/mol. The van der Waals surface area contributed by atoms with Gasteiger partial charge in [0.05, 0.1) is 0 Å². The minimum atomic E-state index is -1.27. The van der Waals surface area contributed by atoms with Crippen molar-refractivity contribution in [3.8, 4) is 0 Å². The van der Waals surface area contributed by atoms with E-state index in [-0.39, 0.29) is 5.78 Å². The highest BCUT2D eigenvalue weighted by Crippen LogP contribution is 2.43. The maximum Gasteiger partial charge on any atom is 0.261 e. The lowest BCUT2D eigenvalue weighted by atomic mass is 10.0. The number of rotatable bonds is 2. The van der Waals surface area contributed by atoms with Gasteiger partial charge in [0.15, 0.2) is 0 Å². The largest absolute Gasteiger partial charge is 0.343 e. The summed E-state index contributed by atoms with van der Waals surface area (Å²) >= 11 is 0. The summed E-state index contributed by atoms with van der Waals surface area (Å²) < 4.78 is 10.7. The van der Waals surface area contributed by atoms with E-state index in [4.69, 9.17) is 9.47 Å². The first-order valence-electron chi connectivity index (χ1n) is 5.42. The lowest BCUT2D eigenvalue weighted by Crippen LogP contribution is -2.36. The van der Waals surface area contributed by atoms with Gasteiger partial charge in [-0.25, -0.2) is 0 Å². The summed E-state index contributed by atoms with van der Waals surface area (Å²) in [5.41, 5.74) is 1.46. The van der Waals surface area contributed by atoms with E-state index in [9.17, 15) is 4.79 Å². The van der Waals surface area contributed by atoms with Crippen LogP contribution in [-0.4, -0.2) is 20.0 Å². The number of ether oxygens (including phenoxy) is 2. The van der Waals surface area contributed by atoms with Crippen molar-refractivity contribution in [3.63, 3.8) is 0 Å². The Balaban J connectivity index is 2.46. The summed E-state index contributed by atoms with van der Waals surface area (Å²) in [6.45, 7) is 0. The van der Waals surface area contributed by atoms with Crippen LogP contribution in [0, 0.1) is 0 Å². The molecule has 86 valence electrons. The van der Waals surface area contributed by atoms with Crippen LogP contribution < -0.4 is 0 Å². The highest BCUT2D eigenvalue weighted by Gasteiger charge is 2.48. The molecule has 1 aliphatic rings. The van der Waals surface area contributed by atoms with Crippen molar-refractivity contribution in [2.45, 2.75) is 5.79 Å². The summed E-state index contributed by atoms with van der Waals surface area (Å²) in [4.78, 5) is 12.4. The summed E-state index contributed by atoms with van der Waals surface area (Å²) in [6.07, 6.45) is 0. The van der Waals surface area contributed by atoms with Crippen LogP contribution in [0.1, 0.15) is 15.9 Å². The van der Waals surface area contributed by atoms with Crippen LogP contribution in [0.15, 0.2) is 36.4 Å². The number of methoxy groups -OCH3 is 2. The summed E-state index contributed by atoms with van der Waals surface area (Å²) in [7, 11) is 2.98. The SMILES string of the molecule is COC1(OC)C(=O)c2cccc3cccc1c23. The molecule has 17 heavy (non-hydrogen) atoms. The van der Waals surface area contributed by atoms with Gasteiger partial charge in [0.2, 0.25) is 5.78 Å². The average Bonchev–Trinajstić information content (AvgIpc) is 2.63. The van der Waals surface area contributed by atoms with E-state index in [0.29, 0.717) is 5.56 Å². The molecule has 1 aliphatic carbocycles. The normalized spacial score (nSPS) is 16.7. The van der Waals surface area contributed by atoms with Crippen LogP contribution in [0.5, 0.6) is 0 Å². The Hall–Kier alpha value is -1.71. The van der Waals surface area contributed by atoms with Gasteiger partial charge < -0.3 is 9.47 Å². The molecule has 3 rings (SSSR count). The van der Waals surface area contributed by atoms with Crippen molar-refractivity contribution in [1.82, 2.24) is 0 Å². The minimum Gasteiger partial charge on any atom is -0.343 e. The molecular formula is C14H12O3. The fourth-order valence-corrected chi connectivity index (χ4v) is 2.59. The van der Waals surface area contributed by atoms with Gasteiger partial charge in [0.1, 0.15) is 0 Å². The predicted octanol–water partition coefficient (Wildman–Crippen LogP) is 2.48. The van der Waals surface area contributed by atoms with Gasteiger partial charge in [-0.05, 0) is 5.39 Å². The van der Waals surface area contributed by atoms with Crippen LogP contribution in [0.4, 0.5) is 0 Å². The minimum absolute atomic E-state index is 0.130. The molecule has 0 saturated heterocycles. The zero-order chi connectivity index (χ0) is 12.0. The molecule has 0 bridgehead atoms. The zero-order valence-corrected chi connectivity index (χ0v) is 9.69. The molecule has 0 saturated carbocycles. The lowest BCUT2D eigenvalue weighted by molar-refractivity contribution is -0.173. The van der Waals surface area contributed by atoms with E-state index in [1.54, 1.807) is 0 Å². The van der Waals surface area contributed by atoms with Crippen molar-refractivity contribution < 1.29 is 14.3 Å². The Morgan fingerprint density at radius 3 is 2.29 bits per heavy atom. The first-order valence-corrected chi connectivity index (χ1v) is 5.42. The molecule has 0 aliphatic heterocycles. The Morgan fingerprint density at radius 2 is 1.65 bits per heavy atom. The number of ketones is 1. The van der Waals surface area contributed by atoms with E-state index in [2.05, 4.69) is 0 Å². The number of hydrogen-bond acceptors (Lipinski definition) is 3. The van der Waals surface area contributed by atoms with Gasteiger partial charge in [-0.2, -0.15) is 0 Å². The fraction of sp³-hybridized carbons (Fsp3) is 0.214. The Bertz CT molecular complexity index is 607. The van der Waals surface area contributed by atoms with E-state index < -0.39 is 5.79 Å². The third-order valence-corrected chi connectivity index (χ3v) is 3.38. The van der Waals surface area contributed by atoms with Crippen LogP contribution in [-0.2, 0) is 15.3 Å². The van der Waals surface area contributed by atoms with Crippen LogP contribution in [0.2, 0.25) is 0 Å². The Kier molecular flexibility index (Phi) is 2.08. The first kappa shape index (κ1) is 10.4. The second-order valence-corrected chi connectivity index (χ2v) is 4.06. The van der Waals surface area contributed by atoms with Crippen molar-refractivity contribution >= 4 is 16.6 Å². The van der Waals surface area contributed by atoms with Crippen molar-refractivity contribution in [2.24, 2.45) is 0 Å². The molecule has 0 N–H and O–H groups in total. The molecule has 3 nitrogen and oxygen atoms in total. The van der Waals surface area contributed by atoms with Gasteiger partial charge in [0, 0.05) is 30.7 Å². The molecule has 0 aromatic heterocycles. The number of hydrogen-bond donors (Lipinski definition) is 0. The van der Waals surface area contributed by atoms with E-state index in [1.165, 1.54) is 14.2 Å². The molecule has 0 spiro atoms. The topological polar surface area (TPSA) is 35.5 Å². The highest BCUT2D eigenvalue weighted by molar-refractivity contribution is 6.18. The van der Waals surface area contributed by atoms with Gasteiger partial charge in [-0.15, -0.1) is 0 Å². The highest BCUT2D eigenvalue weighted by atomic mass is 16.7. The van der Waals surface area contributed by atoms with Gasteiger partial charge in [-0.3, -0.25) is 4.79 Å². The van der Waals surface area contributed by atoms with Crippen LogP contribution in [0.25, 0.3) is 10.8 Å². The number of carbonyl (C=O) groups is 1.